The molecule has 7 nitrogen and oxygen atoms in total. The maximum absolute atomic E-state index is 12.3. The van der Waals surface area contributed by atoms with E-state index in [2.05, 4.69) is 5.32 Å². The van der Waals surface area contributed by atoms with Gasteiger partial charge in [-0.2, -0.15) is 0 Å². The minimum Gasteiger partial charge on any atom is -0.484 e. The van der Waals surface area contributed by atoms with Crippen molar-refractivity contribution in [3.63, 3.8) is 0 Å². The number of ether oxygens (including phenoxy) is 1. The predicted molar refractivity (Wildman–Crippen MR) is 101 cm³/mol. The quantitative estimate of drug-likeness (QED) is 0.441. The van der Waals surface area contributed by atoms with Crippen molar-refractivity contribution in [3.8, 4) is 5.75 Å². The lowest BCUT2D eigenvalue weighted by Gasteiger charge is -2.06. The zero-order valence-electron chi connectivity index (χ0n) is 13.6. The first-order chi connectivity index (χ1) is 12.9. The summed E-state index contributed by atoms with van der Waals surface area (Å²) in [5.41, 5.74) is -0.0795. The van der Waals surface area contributed by atoms with Gasteiger partial charge in [-0.3, -0.25) is 14.9 Å². The Morgan fingerprint density at radius 2 is 1.89 bits per heavy atom. The number of nitrogens with zero attached hydrogens (tertiary/aromatic N) is 1. The van der Waals surface area contributed by atoms with E-state index in [1.807, 2.05) is 0 Å². The van der Waals surface area contributed by atoms with Crippen molar-refractivity contribution >= 4 is 40.5 Å². The van der Waals surface area contributed by atoms with E-state index in [9.17, 15) is 14.9 Å². The number of furan rings is 1. The summed E-state index contributed by atoms with van der Waals surface area (Å²) < 4.78 is 11.0. The molecule has 138 valence electrons. The molecular weight excluding hydrogens is 395 g/mol. The predicted octanol–water partition coefficient (Wildman–Crippen LogP) is 5.33. The largest absolute Gasteiger partial charge is 0.484 e. The molecule has 0 aliphatic carbocycles. The molecule has 1 heterocycles. The maximum Gasteiger partial charge on any atom is 0.291 e. The number of hydrogen-bond donors (Lipinski definition) is 1. The van der Waals surface area contributed by atoms with Crippen molar-refractivity contribution in [2.24, 2.45) is 0 Å². The van der Waals surface area contributed by atoms with Crippen molar-refractivity contribution in [1.29, 1.82) is 0 Å². The van der Waals surface area contributed by atoms with E-state index < -0.39 is 10.8 Å². The Labute approximate surface area is 163 Å². The number of nitro benzene ring substituents is 1. The smallest absolute Gasteiger partial charge is 0.291 e. The topological polar surface area (TPSA) is 94.6 Å². The normalized spacial score (nSPS) is 10.4. The van der Waals surface area contributed by atoms with Crippen LogP contribution in [0.1, 0.15) is 16.3 Å². The highest BCUT2D eigenvalue weighted by Gasteiger charge is 2.16. The molecule has 0 unspecified atom stereocenters. The molecule has 27 heavy (non-hydrogen) atoms. The zero-order chi connectivity index (χ0) is 19.4. The number of nitro groups is 1. The molecule has 1 N–H and O–H groups in total. The van der Waals surface area contributed by atoms with Gasteiger partial charge < -0.3 is 14.5 Å². The summed E-state index contributed by atoms with van der Waals surface area (Å²) in [6, 6.07) is 13.8. The summed E-state index contributed by atoms with van der Waals surface area (Å²) in [6.07, 6.45) is 0. The number of carbonyl (C=O) groups is 1. The molecule has 0 atom stereocenters. The maximum atomic E-state index is 12.3. The molecule has 2 aromatic carbocycles. The van der Waals surface area contributed by atoms with Gasteiger partial charge in [0.15, 0.2) is 5.76 Å². The molecule has 0 aliphatic heterocycles. The third-order valence-electron chi connectivity index (χ3n) is 3.50. The molecule has 9 heteroatoms. The van der Waals surface area contributed by atoms with Gasteiger partial charge in [-0.25, -0.2) is 0 Å². The van der Waals surface area contributed by atoms with Gasteiger partial charge in [0.05, 0.1) is 20.7 Å². The van der Waals surface area contributed by atoms with Crippen LogP contribution in [0.25, 0.3) is 0 Å². The van der Waals surface area contributed by atoms with Gasteiger partial charge in [0.2, 0.25) is 0 Å². The van der Waals surface area contributed by atoms with Crippen LogP contribution in [-0.2, 0) is 6.61 Å². The summed E-state index contributed by atoms with van der Waals surface area (Å²) in [4.78, 5) is 22.6. The Morgan fingerprint density at radius 1 is 1.11 bits per heavy atom. The van der Waals surface area contributed by atoms with Crippen molar-refractivity contribution in [3.05, 3.63) is 86.3 Å². The Bertz CT molecular complexity index is 1000. The lowest BCUT2D eigenvalue weighted by molar-refractivity contribution is -0.384. The van der Waals surface area contributed by atoms with Crippen molar-refractivity contribution < 1.29 is 18.9 Å². The van der Waals surface area contributed by atoms with Crippen LogP contribution in [0.3, 0.4) is 0 Å². The number of non-ortho nitro benzene ring substituents is 1. The van der Waals surface area contributed by atoms with Crippen LogP contribution in [0.15, 0.2) is 59.0 Å². The molecule has 0 saturated heterocycles. The van der Waals surface area contributed by atoms with Crippen molar-refractivity contribution in [2.45, 2.75) is 6.61 Å². The fourth-order valence-electron chi connectivity index (χ4n) is 2.19. The number of halogens is 2. The van der Waals surface area contributed by atoms with Gasteiger partial charge in [-0.05, 0) is 30.3 Å². The Morgan fingerprint density at radius 3 is 2.63 bits per heavy atom. The Kier molecular flexibility index (Phi) is 5.63. The first kappa shape index (κ1) is 18.8. The van der Waals surface area contributed by atoms with Crippen LogP contribution in [0.5, 0.6) is 5.75 Å². The lowest BCUT2D eigenvalue weighted by atomic mass is 10.2. The molecule has 3 aromatic rings. The number of anilines is 1. The second-order valence-electron chi connectivity index (χ2n) is 5.36. The number of para-hydroxylation sites is 1. The number of hydrogen-bond acceptors (Lipinski definition) is 5. The third-order valence-corrected chi connectivity index (χ3v) is 4.14. The first-order valence-corrected chi connectivity index (χ1v) is 8.41. The summed E-state index contributed by atoms with van der Waals surface area (Å²) in [7, 11) is 0. The minimum absolute atomic E-state index is 0.00957. The molecule has 0 aliphatic rings. The summed E-state index contributed by atoms with van der Waals surface area (Å²) in [5, 5.41) is 14.0. The molecule has 0 radical (unpaired) electrons. The molecule has 1 aromatic heterocycles. The molecule has 0 saturated carbocycles. The second kappa shape index (κ2) is 8.11. The highest BCUT2D eigenvalue weighted by Crippen LogP contribution is 2.28. The highest BCUT2D eigenvalue weighted by molar-refractivity contribution is 6.34. The molecular formula is C18H12Cl2N2O5. The van der Waals surface area contributed by atoms with Gasteiger partial charge >= 0.3 is 0 Å². The SMILES string of the molecule is O=C(Nc1cc([N+](=O)[O-])ccc1Cl)c1ccc(COc2ccccc2Cl)o1. The average molecular weight is 407 g/mol. The van der Waals surface area contributed by atoms with Crippen molar-refractivity contribution in [1.82, 2.24) is 0 Å². The fraction of sp³-hybridized carbons (Fsp3) is 0.0556. The molecule has 0 fully saturated rings. The standard InChI is InChI=1S/C18H12Cl2N2O5/c19-13-7-5-11(22(24)25)9-15(13)21-18(23)17-8-6-12(27-17)10-26-16-4-2-1-3-14(16)20/h1-9H,10H2,(H,21,23). The highest BCUT2D eigenvalue weighted by atomic mass is 35.5. The average Bonchev–Trinajstić information content (AvgIpc) is 3.12. The third kappa shape index (κ3) is 4.58. The summed E-state index contributed by atoms with van der Waals surface area (Å²) in [5.74, 6) is 0.312. The summed E-state index contributed by atoms with van der Waals surface area (Å²) >= 11 is 12.0. The van der Waals surface area contributed by atoms with Crippen LogP contribution in [-0.4, -0.2) is 10.8 Å². The Hall–Kier alpha value is -3.03. The van der Waals surface area contributed by atoms with E-state index in [1.165, 1.54) is 24.3 Å². The van der Waals surface area contributed by atoms with E-state index in [1.54, 1.807) is 30.3 Å². The van der Waals surface area contributed by atoms with E-state index in [-0.39, 0.29) is 28.8 Å². The van der Waals surface area contributed by atoms with E-state index in [0.29, 0.717) is 16.5 Å². The molecule has 1 amide bonds. The zero-order valence-corrected chi connectivity index (χ0v) is 15.2. The van der Waals surface area contributed by atoms with Gasteiger partial charge in [-0.15, -0.1) is 0 Å². The van der Waals surface area contributed by atoms with E-state index >= 15 is 0 Å². The van der Waals surface area contributed by atoms with Crippen LogP contribution in [0.2, 0.25) is 10.0 Å². The number of amides is 1. The first-order valence-electron chi connectivity index (χ1n) is 7.65. The van der Waals surface area contributed by atoms with Crippen LogP contribution >= 0.6 is 23.2 Å². The van der Waals surface area contributed by atoms with Crippen LogP contribution in [0.4, 0.5) is 11.4 Å². The summed E-state index contributed by atoms with van der Waals surface area (Å²) in [6.45, 7) is 0.0780. The fourth-order valence-corrected chi connectivity index (χ4v) is 2.55. The second-order valence-corrected chi connectivity index (χ2v) is 6.17. The van der Waals surface area contributed by atoms with Crippen molar-refractivity contribution in [2.75, 3.05) is 5.32 Å². The number of rotatable bonds is 6. The van der Waals surface area contributed by atoms with Gasteiger partial charge in [0.1, 0.15) is 18.1 Å². The monoisotopic (exact) mass is 406 g/mol. The lowest BCUT2D eigenvalue weighted by Crippen LogP contribution is -2.11. The van der Waals surface area contributed by atoms with E-state index in [4.69, 9.17) is 32.4 Å². The number of benzene rings is 2. The van der Waals surface area contributed by atoms with Gasteiger partial charge in [0.25, 0.3) is 11.6 Å². The van der Waals surface area contributed by atoms with Gasteiger partial charge in [-0.1, -0.05) is 35.3 Å². The van der Waals surface area contributed by atoms with Crippen LogP contribution < -0.4 is 10.1 Å². The van der Waals surface area contributed by atoms with Gasteiger partial charge in [0, 0.05) is 12.1 Å². The number of carbonyl (C=O) groups excluding carboxylic acids is 1. The molecule has 0 spiro atoms. The minimum atomic E-state index is -0.596. The Balaban J connectivity index is 1.67. The molecule has 3 rings (SSSR count). The van der Waals surface area contributed by atoms with Crippen LogP contribution in [0, 0.1) is 10.1 Å². The number of nitrogens with one attached hydrogen (secondary N) is 1. The van der Waals surface area contributed by atoms with E-state index in [0.717, 1.165) is 0 Å². The molecule has 0 bridgehead atoms.